The van der Waals surface area contributed by atoms with Crippen molar-refractivity contribution in [2.45, 2.75) is 0 Å². The molecule has 1 N–H and O–H groups in total. The maximum absolute atomic E-state index is 11.5. The Hall–Kier alpha value is -2.69. The van der Waals surface area contributed by atoms with Gasteiger partial charge in [0.2, 0.25) is 0 Å². The van der Waals surface area contributed by atoms with Gasteiger partial charge in [0.05, 0.1) is 13.7 Å². The molecule has 2 rings (SSSR count). The standard InChI is InChI=1S/C16H17NO4/c1-19-13-7-9-14(10-8-13)20-12-11-17-16(18)21-15-5-3-2-4-6-15/h2-10H,11-12H2,1H3,(H,17,18). The van der Waals surface area contributed by atoms with Crippen molar-refractivity contribution in [2.75, 3.05) is 20.3 Å². The molecule has 0 radical (unpaired) electrons. The molecular formula is C16H17NO4. The number of methoxy groups -OCH3 is 1. The number of hydrogen-bond acceptors (Lipinski definition) is 4. The first kappa shape index (κ1) is 14.7. The molecule has 0 spiro atoms. The second kappa shape index (κ2) is 7.79. The zero-order chi connectivity index (χ0) is 14.9. The van der Waals surface area contributed by atoms with Crippen LogP contribution in [-0.2, 0) is 0 Å². The second-order valence-electron chi connectivity index (χ2n) is 4.15. The van der Waals surface area contributed by atoms with E-state index in [1.807, 2.05) is 18.2 Å². The number of amides is 1. The van der Waals surface area contributed by atoms with E-state index in [0.29, 0.717) is 24.7 Å². The lowest BCUT2D eigenvalue weighted by Gasteiger charge is -2.08. The van der Waals surface area contributed by atoms with Crippen molar-refractivity contribution in [3.63, 3.8) is 0 Å². The van der Waals surface area contributed by atoms with E-state index in [0.717, 1.165) is 5.75 Å². The Bertz CT molecular complexity index is 554. The monoisotopic (exact) mass is 287 g/mol. The van der Waals surface area contributed by atoms with Crippen molar-refractivity contribution in [1.29, 1.82) is 0 Å². The van der Waals surface area contributed by atoms with Gasteiger partial charge in [-0.15, -0.1) is 0 Å². The van der Waals surface area contributed by atoms with Crippen LogP contribution in [0, 0.1) is 0 Å². The molecular weight excluding hydrogens is 270 g/mol. The fourth-order valence-corrected chi connectivity index (χ4v) is 1.63. The van der Waals surface area contributed by atoms with Gasteiger partial charge in [-0.05, 0) is 36.4 Å². The van der Waals surface area contributed by atoms with Crippen LogP contribution in [0.5, 0.6) is 17.2 Å². The first-order valence-corrected chi connectivity index (χ1v) is 6.55. The molecule has 0 saturated heterocycles. The van der Waals surface area contributed by atoms with Gasteiger partial charge in [-0.2, -0.15) is 0 Å². The van der Waals surface area contributed by atoms with E-state index in [1.165, 1.54) is 0 Å². The van der Waals surface area contributed by atoms with Crippen molar-refractivity contribution < 1.29 is 19.0 Å². The van der Waals surface area contributed by atoms with Gasteiger partial charge in [0.15, 0.2) is 0 Å². The van der Waals surface area contributed by atoms with Crippen LogP contribution in [0.4, 0.5) is 4.79 Å². The summed E-state index contributed by atoms with van der Waals surface area (Å²) in [5.41, 5.74) is 0. The molecule has 5 heteroatoms. The van der Waals surface area contributed by atoms with Crippen LogP contribution in [0.1, 0.15) is 0 Å². The Morgan fingerprint density at radius 2 is 1.62 bits per heavy atom. The minimum Gasteiger partial charge on any atom is -0.497 e. The number of para-hydroxylation sites is 1. The molecule has 0 atom stereocenters. The van der Waals surface area contributed by atoms with Gasteiger partial charge >= 0.3 is 6.09 Å². The third-order valence-corrected chi connectivity index (χ3v) is 2.65. The van der Waals surface area contributed by atoms with Gasteiger partial charge in [0, 0.05) is 0 Å². The summed E-state index contributed by atoms with van der Waals surface area (Å²) in [5, 5.41) is 2.61. The van der Waals surface area contributed by atoms with Crippen molar-refractivity contribution in [2.24, 2.45) is 0 Å². The van der Waals surface area contributed by atoms with Gasteiger partial charge in [-0.25, -0.2) is 4.79 Å². The maximum atomic E-state index is 11.5. The fraction of sp³-hybridized carbons (Fsp3) is 0.188. The predicted octanol–water partition coefficient (Wildman–Crippen LogP) is 2.86. The van der Waals surface area contributed by atoms with Crippen LogP contribution in [-0.4, -0.2) is 26.4 Å². The number of carbonyl (C=O) groups excluding carboxylic acids is 1. The fourth-order valence-electron chi connectivity index (χ4n) is 1.63. The number of carbonyl (C=O) groups is 1. The lowest BCUT2D eigenvalue weighted by molar-refractivity contribution is 0.197. The molecule has 0 aliphatic carbocycles. The number of ether oxygens (including phenoxy) is 3. The lowest BCUT2D eigenvalue weighted by Crippen LogP contribution is -2.30. The van der Waals surface area contributed by atoms with Crippen LogP contribution in [0.15, 0.2) is 54.6 Å². The quantitative estimate of drug-likeness (QED) is 0.830. The maximum Gasteiger partial charge on any atom is 0.412 e. The average Bonchev–Trinajstić information content (AvgIpc) is 2.53. The lowest BCUT2D eigenvalue weighted by atomic mass is 10.3. The highest BCUT2D eigenvalue weighted by Crippen LogP contribution is 2.16. The minimum atomic E-state index is -0.500. The van der Waals surface area contributed by atoms with Crippen LogP contribution < -0.4 is 19.5 Å². The number of rotatable bonds is 6. The summed E-state index contributed by atoms with van der Waals surface area (Å²) in [7, 11) is 1.61. The number of hydrogen-bond donors (Lipinski definition) is 1. The summed E-state index contributed by atoms with van der Waals surface area (Å²) in [6.07, 6.45) is -0.500. The molecule has 0 bridgehead atoms. The van der Waals surface area contributed by atoms with Crippen molar-refractivity contribution in [3.8, 4) is 17.2 Å². The first-order valence-electron chi connectivity index (χ1n) is 6.55. The predicted molar refractivity (Wildman–Crippen MR) is 79.0 cm³/mol. The normalized spacial score (nSPS) is 9.76. The van der Waals surface area contributed by atoms with Crippen LogP contribution in [0.3, 0.4) is 0 Å². The van der Waals surface area contributed by atoms with Crippen LogP contribution >= 0.6 is 0 Å². The Balaban J connectivity index is 1.66. The van der Waals surface area contributed by atoms with E-state index in [9.17, 15) is 4.79 Å². The van der Waals surface area contributed by atoms with E-state index in [1.54, 1.807) is 43.5 Å². The van der Waals surface area contributed by atoms with Crippen LogP contribution in [0.2, 0.25) is 0 Å². The van der Waals surface area contributed by atoms with E-state index < -0.39 is 6.09 Å². The van der Waals surface area contributed by atoms with Gasteiger partial charge in [-0.1, -0.05) is 18.2 Å². The molecule has 0 aromatic heterocycles. The van der Waals surface area contributed by atoms with Crippen LogP contribution in [0.25, 0.3) is 0 Å². The average molecular weight is 287 g/mol. The summed E-state index contributed by atoms with van der Waals surface area (Å²) in [6.45, 7) is 0.716. The summed E-state index contributed by atoms with van der Waals surface area (Å²) >= 11 is 0. The smallest absolute Gasteiger partial charge is 0.412 e. The number of benzene rings is 2. The van der Waals surface area contributed by atoms with Gasteiger partial charge in [-0.3, -0.25) is 0 Å². The zero-order valence-electron chi connectivity index (χ0n) is 11.7. The molecule has 2 aromatic rings. The summed E-state index contributed by atoms with van der Waals surface area (Å²) in [6, 6.07) is 16.1. The summed E-state index contributed by atoms with van der Waals surface area (Å²) < 4.78 is 15.6. The van der Waals surface area contributed by atoms with Crippen molar-refractivity contribution in [1.82, 2.24) is 5.32 Å². The topological polar surface area (TPSA) is 56.8 Å². The van der Waals surface area contributed by atoms with E-state index >= 15 is 0 Å². The van der Waals surface area contributed by atoms with Gasteiger partial charge < -0.3 is 19.5 Å². The molecule has 0 fully saturated rings. The zero-order valence-corrected chi connectivity index (χ0v) is 11.7. The second-order valence-corrected chi connectivity index (χ2v) is 4.15. The molecule has 21 heavy (non-hydrogen) atoms. The molecule has 5 nitrogen and oxygen atoms in total. The summed E-state index contributed by atoms with van der Waals surface area (Å²) in [4.78, 5) is 11.5. The SMILES string of the molecule is COc1ccc(OCCNC(=O)Oc2ccccc2)cc1. The highest BCUT2D eigenvalue weighted by Gasteiger charge is 2.02. The first-order chi connectivity index (χ1) is 10.3. The molecule has 0 saturated carbocycles. The molecule has 1 amide bonds. The molecule has 2 aromatic carbocycles. The van der Waals surface area contributed by atoms with Crippen molar-refractivity contribution >= 4 is 6.09 Å². The Morgan fingerprint density at radius 3 is 2.29 bits per heavy atom. The minimum absolute atomic E-state index is 0.357. The molecule has 0 aliphatic heterocycles. The third kappa shape index (κ3) is 5.06. The Kier molecular flexibility index (Phi) is 5.46. The third-order valence-electron chi connectivity index (χ3n) is 2.65. The van der Waals surface area contributed by atoms with E-state index in [4.69, 9.17) is 14.2 Å². The van der Waals surface area contributed by atoms with Gasteiger partial charge in [0.25, 0.3) is 0 Å². The highest BCUT2D eigenvalue weighted by molar-refractivity contribution is 5.70. The largest absolute Gasteiger partial charge is 0.497 e. The molecule has 0 aliphatic rings. The molecule has 0 heterocycles. The summed E-state index contributed by atoms with van der Waals surface area (Å²) in [5.74, 6) is 1.99. The van der Waals surface area contributed by atoms with E-state index in [-0.39, 0.29) is 0 Å². The number of nitrogens with one attached hydrogen (secondary N) is 1. The molecule has 0 unspecified atom stereocenters. The Morgan fingerprint density at radius 1 is 0.952 bits per heavy atom. The van der Waals surface area contributed by atoms with Crippen molar-refractivity contribution in [3.05, 3.63) is 54.6 Å². The Labute approximate surface area is 123 Å². The van der Waals surface area contributed by atoms with Gasteiger partial charge in [0.1, 0.15) is 23.9 Å². The highest BCUT2D eigenvalue weighted by atomic mass is 16.6. The van der Waals surface area contributed by atoms with E-state index in [2.05, 4.69) is 5.32 Å². The molecule has 110 valence electrons.